The Hall–Kier alpha value is -1.57. The maximum Gasteiger partial charge on any atom is 0.242 e. The maximum atomic E-state index is 11.6. The van der Waals surface area contributed by atoms with Gasteiger partial charge in [0.1, 0.15) is 12.5 Å². The van der Waals surface area contributed by atoms with Crippen molar-refractivity contribution in [1.82, 2.24) is 10.2 Å². The Morgan fingerprint density at radius 3 is 2.87 bits per heavy atom. The molecule has 5 heteroatoms. The molecule has 1 heterocycles. The second-order valence-electron chi connectivity index (χ2n) is 3.55. The fourth-order valence-electron chi connectivity index (χ4n) is 1.84. The van der Waals surface area contributed by atoms with Crippen molar-refractivity contribution in [3.8, 4) is 6.07 Å². The van der Waals surface area contributed by atoms with E-state index in [1.165, 1.54) is 4.90 Å². The molecule has 1 saturated heterocycles. The van der Waals surface area contributed by atoms with E-state index in [-0.39, 0.29) is 24.3 Å². The second-order valence-corrected chi connectivity index (χ2v) is 3.55. The van der Waals surface area contributed by atoms with Crippen LogP contribution < -0.4 is 5.32 Å². The van der Waals surface area contributed by atoms with Gasteiger partial charge in [0.25, 0.3) is 0 Å². The molecule has 82 valence electrons. The predicted molar refractivity (Wildman–Crippen MR) is 53.6 cm³/mol. The molecular weight excluding hydrogens is 194 g/mol. The number of rotatable bonds is 2. The van der Waals surface area contributed by atoms with Crippen LogP contribution in [0.25, 0.3) is 0 Å². The summed E-state index contributed by atoms with van der Waals surface area (Å²) >= 11 is 0. The molecule has 0 aliphatic carbocycles. The second kappa shape index (κ2) is 5.35. The highest BCUT2D eigenvalue weighted by Gasteiger charge is 2.30. The van der Waals surface area contributed by atoms with Crippen molar-refractivity contribution < 1.29 is 9.59 Å². The fourth-order valence-corrected chi connectivity index (χ4v) is 1.84. The Bertz CT molecular complexity index is 296. The van der Waals surface area contributed by atoms with E-state index in [0.717, 1.165) is 12.8 Å². The average molecular weight is 209 g/mol. The van der Waals surface area contributed by atoms with E-state index in [9.17, 15) is 9.59 Å². The van der Waals surface area contributed by atoms with Gasteiger partial charge in [-0.2, -0.15) is 5.26 Å². The molecule has 0 bridgehead atoms. The molecule has 0 radical (unpaired) electrons. The first-order valence-electron chi connectivity index (χ1n) is 5.08. The number of hydrogen-bond acceptors (Lipinski definition) is 3. The molecule has 0 aromatic carbocycles. The first-order valence-corrected chi connectivity index (χ1v) is 5.08. The van der Waals surface area contributed by atoms with E-state index >= 15 is 0 Å². The molecule has 1 atom stereocenters. The number of piperidine rings is 1. The highest BCUT2D eigenvalue weighted by Crippen LogP contribution is 2.17. The molecule has 1 unspecified atom stereocenters. The Kier molecular flexibility index (Phi) is 4.10. The smallest absolute Gasteiger partial charge is 0.242 e. The lowest BCUT2D eigenvalue weighted by atomic mass is 10.0. The standard InChI is InChI=1S/C10H15N3O2/c1-12-10(15)8-4-2-3-7-13(8)9(14)5-6-11/h8H,2-5,7H2,1H3,(H,12,15). The summed E-state index contributed by atoms with van der Waals surface area (Å²) in [5.41, 5.74) is 0. The van der Waals surface area contributed by atoms with Crippen LogP contribution in [0, 0.1) is 11.3 Å². The summed E-state index contributed by atoms with van der Waals surface area (Å²) < 4.78 is 0. The van der Waals surface area contributed by atoms with Gasteiger partial charge in [0.15, 0.2) is 0 Å². The molecule has 1 N–H and O–H groups in total. The molecule has 0 aromatic heterocycles. The molecule has 1 aliphatic rings. The number of nitriles is 1. The maximum absolute atomic E-state index is 11.6. The fraction of sp³-hybridized carbons (Fsp3) is 0.700. The van der Waals surface area contributed by atoms with Gasteiger partial charge in [-0.05, 0) is 19.3 Å². The molecule has 1 fully saturated rings. The molecule has 0 aromatic rings. The van der Waals surface area contributed by atoms with Crippen LogP contribution in [-0.2, 0) is 9.59 Å². The average Bonchev–Trinajstić information content (AvgIpc) is 2.28. The minimum absolute atomic E-state index is 0.138. The van der Waals surface area contributed by atoms with Gasteiger partial charge in [0.2, 0.25) is 11.8 Å². The first-order chi connectivity index (χ1) is 7.20. The minimum atomic E-state index is -0.385. The lowest BCUT2D eigenvalue weighted by Gasteiger charge is -2.33. The van der Waals surface area contributed by atoms with E-state index < -0.39 is 0 Å². The van der Waals surface area contributed by atoms with Crippen LogP contribution in [0.1, 0.15) is 25.7 Å². The van der Waals surface area contributed by atoms with Crippen molar-refractivity contribution in [2.24, 2.45) is 0 Å². The number of hydrogen-bond donors (Lipinski definition) is 1. The third-order valence-corrected chi connectivity index (χ3v) is 2.60. The zero-order valence-electron chi connectivity index (χ0n) is 8.82. The lowest BCUT2D eigenvalue weighted by Crippen LogP contribution is -2.51. The summed E-state index contributed by atoms with van der Waals surface area (Å²) in [5, 5.41) is 11.0. The van der Waals surface area contributed by atoms with Crippen LogP contribution in [0.5, 0.6) is 0 Å². The van der Waals surface area contributed by atoms with E-state index in [0.29, 0.717) is 13.0 Å². The molecule has 0 spiro atoms. The number of carbonyl (C=O) groups excluding carboxylic acids is 2. The lowest BCUT2D eigenvalue weighted by molar-refractivity contribution is -0.141. The summed E-state index contributed by atoms with van der Waals surface area (Å²) in [5.74, 6) is -0.383. The van der Waals surface area contributed by atoms with Crippen LogP contribution in [0.4, 0.5) is 0 Å². The van der Waals surface area contributed by atoms with Gasteiger partial charge in [-0.1, -0.05) is 0 Å². The minimum Gasteiger partial charge on any atom is -0.357 e. The van der Waals surface area contributed by atoms with Gasteiger partial charge in [0, 0.05) is 13.6 Å². The predicted octanol–water partition coefficient (Wildman–Crippen LogP) is 0.0272. The number of likely N-dealkylation sites (N-methyl/N-ethyl adjacent to an activating group) is 1. The summed E-state index contributed by atoms with van der Waals surface area (Å²) in [4.78, 5) is 24.6. The van der Waals surface area contributed by atoms with Gasteiger partial charge < -0.3 is 10.2 Å². The molecule has 1 rings (SSSR count). The molecule has 5 nitrogen and oxygen atoms in total. The monoisotopic (exact) mass is 209 g/mol. The molecule has 0 saturated carbocycles. The summed E-state index contributed by atoms with van der Waals surface area (Å²) in [6, 6.07) is 1.43. The van der Waals surface area contributed by atoms with Gasteiger partial charge in [-0.3, -0.25) is 9.59 Å². The topological polar surface area (TPSA) is 73.2 Å². The van der Waals surface area contributed by atoms with Gasteiger partial charge >= 0.3 is 0 Å². The van der Waals surface area contributed by atoms with Crippen molar-refractivity contribution in [2.75, 3.05) is 13.6 Å². The molecular formula is C10H15N3O2. The van der Waals surface area contributed by atoms with E-state index in [2.05, 4.69) is 5.32 Å². The Balaban J connectivity index is 2.70. The summed E-state index contributed by atoms with van der Waals surface area (Å²) in [6.45, 7) is 0.582. The summed E-state index contributed by atoms with van der Waals surface area (Å²) in [6.07, 6.45) is 2.41. The highest BCUT2D eigenvalue weighted by atomic mass is 16.2. The van der Waals surface area contributed by atoms with Crippen LogP contribution in [0.2, 0.25) is 0 Å². The highest BCUT2D eigenvalue weighted by molar-refractivity contribution is 5.88. The largest absolute Gasteiger partial charge is 0.357 e. The number of likely N-dealkylation sites (tertiary alicyclic amines) is 1. The SMILES string of the molecule is CNC(=O)C1CCCCN1C(=O)CC#N. The Labute approximate surface area is 89.0 Å². The summed E-state index contributed by atoms with van der Waals surface area (Å²) in [7, 11) is 1.56. The van der Waals surface area contributed by atoms with Gasteiger partial charge in [-0.15, -0.1) is 0 Å². The Morgan fingerprint density at radius 2 is 2.27 bits per heavy atom. The number of nitrogens with zero attached hydrogens (tertiary/aromatic N) is 2. The number of nitrogens with one attached hydrogen (secondary N) is 1. The van der Waals surface area contributed by atoms with Crippen molar-refractivity contribution in [1.29, 1.82) is 5.26 Å². The number of carbonyl (C=O) groups is 2. The quantitative estimate of drug-likeness (QED) is 0.697. The normalized spacial score (nSPS) is 20.5. The third-order valence-electron chi connectivity index (χ3n) is 2.60. The van der Waals surface area contributed by atoms with Crippen molar-refractivity contribution in [2.45, 2.75) is 31.7 Å². The van der Waals surface area contributed by atoms with E-state index in [1.54, 1.807) is 7.05 Å². The molecule has 15 heavy (non-hydrogen) atoms. The van der Waals surface area contributed by atoms with Crippen molar-refractivity contribution >= 4 is 11.8 Å². The van der Waals surface area contributed by atoms with Gasteiger partial charge in [0.05, 0.1) is 6.07 Å². The van der Waals surface area contributed by atoms with Crippen molar-refractivity contribution in [3.05, 3.63) is 0 Å². The first kappa shape index (κ1) is 11.5. The Morgan fingerprint density at radius 1 is 1.53 bits per heavy atom. The third kappa shape index (κ3) is 2.69. The van der Waals surface area contributed by atoms with Crippen LogP contribution in [-0.4, -0.2) is 36.3 Å². The zero-order valence-corrected chi connectivity index (χ0v) is 8.82. The molecule has 1 aliphatic heterocycles. The molecule has 2 amide bonds. The van der Waals surface area contributed by atoms with Crippen LogP contribution >= 0.6 is 0 Å². The number of amides is 2. The zero-order chi connectivity index (χ0) is 11.3. The van der Waals surface area contributed by atoms with E-state index in [4.69, 9.17) is 5.26 Å². The van der Waals surface area contributed by atoms with Gasteiger partial charge in [-0.25, -0.2) is 0 Å². The van der Waals surface area contributed by atoms with E-state index in [1.807, 2.05) is 6.07 Å². The van der Waals surface area contributed by atoms with Crippen LogP contribution in [0.15, 0.2) is 0 Å². The van der Waals surface area contributed by atoms with Crippen LogP contribution in [0.3, 0.4) is 0 Å². The van der Waals surface area contributed by atoms with Crippen molar-refractivity contribution in [3.63, 3.8) is 0 Å².